The van der Waals surface area contributed by atoms with Gasteiger partial charge in [0, 0.05) is 23.4 Å². The van der Waals surface area contributed by atoms with Gasteiger partial charge in [-0.15, -0.1) is 0 Å². The molecular formula is C27H28N2O3. The fourth-order valence-electron chi connectivity index (χ4n) is 4.14. The second-order valence-electron chi connectivity index (χ2n) is 8.24. The van der Waals surface area contributed by atoms with E-state index in [9.17, 15) is 9.59 Å². The largest absolute Gasteiger partial charge is 0.497 e. The maximum atomic E-state index is 13.1. The van der Waals surface area contributed by atoms with E-state index in [2.05, 4.69) is 5.32 Å². The minimum atomic E-state index is -0.135. The third-order valence-electron chi connectivity index (χ3n) is 5.93. The average molecular weight is 429 g/mol. The number of hydrogen-bond donors (Lipinski definition) is 1. The monoisotopic (exact) mass is 428 g/mol. The van der Waals surface area contributed by atoms with Crippen LogP contribution in [0.2, 0.25) is 0 Å². The average Bonchev–Trinajstić information content (AvgIpc) is 2.82. The van der Waals surface area contributed by atoms with Crippen LogP contribution < -0.4 is 15.0 Å². The van der Waals surface area contributed by atoms with Crippen LogP contribution in [0.4, 0.5) is 5.69 Å². The summed E-state index contributed by atoms with van der Waals surface area (Å²) in [7, 11) is 1.63. The van der Waals surface area contributed by atoms with Crippen molar-refractivity contribution in [3.8, 4) is 5.75 Å². The van der Waals surface area contributed by atoms with Crippen molar-refractivity contribution in [2.45, 2.75) is 32.7 Å². The Labute approximate surface area is 189 Å². The molecule has 32 heavy (non-hydrogen) atoms. The number of methoxy groups -OCH3 is 1. The third-order valence-corrected chi connectivity index (χ3v) is 5.93. The first-order valence-electron chi connectivity index (χ1n) is 10.9. The lowest BCUT2D eigenvalue weighted by molar-refractivity contribution is 0.0939. The quantitative estimate of drug-likeness (QED) is 0.616. The Kier molecular flexibility index (Phi) is 6.26. The van der Waals surface area contributed by atoms with Gasteiger partial charge < -0.3 is 15.0 Å². The van der Waals surface area contributed by atoms with Crippen LogP contribution in [0.5, 0.6) is 5.75 Å². The van der Waals surface area contributed by atoms with Gasteiger partial charge in [-0.3, -0.25) is 9.59 Å². The second kappa shape index (κ2) is 9.27. The minimum Gasteiger partial charge on any atom is -0.497 e. The smallest absolute Gasteiger partial charge is 0.258 e. The van der Waals surface area contributed by atoms with Crippen LogP contribution in [0.15, 0.2) is 66.7 Å². The van der Waals surface area contributed by atoms with Crippen molar-refractivity contribution in [1.29, 1.82) is 0 Å². The molecule has 3 aromatic rings. The van der Waals surface area contributed by atoms with Crippen LogP contribution >= 0.6 is 0 Å². The standard InChI is InChI=1S/C27H28N2O3/c1-18-6-4-7-23(16-18)27(31)29-15-5-8-21-17-22(11-14-25(21)29)26(30)28-19(2)20-9-12-24(32-3)13-10-20/h4,6-7,9-14,16-17,19H,5,8,15H2,1-3H3,(H,28,30)/t19-/m1/s1. The molecule has 0 unspecified atom stereocenters. The number of nitrogens with zero attached hydrogens (tertiary/aromatic N) is 1. The molecule has 0 saturated carbocycles. The first kappa shape index (κ1) is 21.6. The van der Waals surface area contributed by atoms with Gasteiger partial charge in [-0.05, 0) is 80.3 Å². The van der Waals surface area contributed by atoms with Crippen LogP contribution in [0.25, 0.3) is 0 Å². The summed E-state index contributed by atoms with van der Waals surface area (Å²) in [6.45, 7) is 4.62. The van der Waals surface area contributed by atoms with Gasteiger partial charge in [0.1, 0.15) is 5.75 Å². The molecule has 5 nitrogen and oxygen atoms in total. The SMILES string of the molecule is COc1ccc([C@@H](C)NC(=O)c2ccc3c(c2)CCCN3C(=O)c2cccc(C)c2)cc1. The van der Waals surface area contributed by atoms with Gasteiger partial charge in [0.2, 0.25) is 0 Å². The Morgan fingerprint density at radius 2 is 1.78 bits per heavy atom. The maximum absolute atomic E-state index is 13.1. The fourth-order valence-corrected chi connectivity index (χ4v) is 4.14. The first-order chi connectivity index (χ1) is 15.5. The maximum Gasteiger partial charge on any atom is 0.258 e. The molecular weight excluding hydrogens is 400 g/mol. The van der Waals surface area contributed by atoms with E-state index < -0.39 is 0 Å². The molecule has 2 amide bonds. The van der Waals surface area contributed by atoms with E-state index in [1.54, 1.807) is 13.2 Å². The highest BCUT2D eigenvalue weighted by Crippen LogP contribution is 2.30. The van der Waals surface area contributed by atoms with Crippen molar-refractivity contribution < 1.29 is 14.3 Å². The van der Waals surface area contributed by atoms with E-state index in [0.717, 1.165) is 41.0 Å². The molecule has 1 atom stereocenters. The molecule has 1 N–H and O–H groups in total. The molecule has 0 bridgehead atoms. The highest BCUT2D eigenvalue weighted by Gasteiger charge is 2.25. The number of hydrogen-bond acceptors (Lipinski definition) is 3. The number of anilines is 1. The van der Waals surface area contributed by atoms with E-state index in [4.69, 9.17) is 4.74 Å². The molecule has 0 fully saturated rings. The van der Waals surface area contributed by atoms with E-state index in [1.807, 2.05) is 79.4 Å². The van der Waals surface area contributed by atoms with Crippen molar-refractivity contribution in [3.05, 3.63) is 94.5 Å². The highest BCUT2D eigenvalue weighted by molar-refractivity contribution is 6.07. The summed E-state index contributed by atoms with van der Waals surface area (Å²) < 4.78 is 5.20. The van der Waals surface area contributed by atoms with E-state index in [1.165, 1.54) is 0 Å². The molecule has 4 rings (SSSR count). The number of nitrogens with one attached hydrogen (secondary N) is 1. The zero-order valence-corrected chi connectivity index (χ0v) is 18.7. The number of carbonyl (C=O) groups is 2. The van der Waals surface area contributed by atoms with Gasteiger partial charge >= 0.3 is 0 Å². The summed E-state index contributed by atoms with van der Waals surface area (Å²) in [5.74, 6) is 0.657. The minimum absolute atomic E-state index is 0.0000190. The predicted octanol–water partition coefficient (Wildman–Crippen LogP) is 5.09. The van der Waals surface area contributed by atoms with Gasteiger partial charge in [0.15, 0.2) is 0 Å². The summed E-state index contributed by atoms with van der Waals surface area (Å²) in [6.07, 6.45) is 1.72. The number of rotatable bonds is 5. The van der Waals surface area contributed by atoms with Crippen LogP contribution in [-0.2, 0) is 6.42 Å². The van der Waals surface area contributed by atoms with Crippen molar-refractivity contribution in [3.63, 3.8) is 0 Å². The zero-order valence-electron chi connectivity index (χ0n) is 18.7. The molecule has 0 aromatic heterocycles. The molecule has 0 aliphatic carbocycles. The van der Waals surface area contributed by atoms with Crippen molar-refractivity contribution in [2.75, 3.05) is 18.6 Å². The molecule has 0 spiro atoms. The molecule has 0 saturated heterocycles. The van der Waals surface area contributed by atoms with Crippen LogP contribution in [-0.4, -0.2) is 25.5 Å². The predicted molar refractivity (Wildman–Crippen MR) is 126 cm³/mol. The second-order valence-corrected chi connectivity index (χ2v) is 8.24. The topological polar surface area (TPSA) is 58.6 Å². The molecule has 3 aromatic carbocycles. The fraction of sp³-hybridized carbons (Fsp3) is 0.259. The van der Waals surface area contributed by atoms with Gasteiger partial charge in [-0.1, -0.05) is 29.8 Å². The lowest BCUT2D eigenvalue weighted by Gasteiger charge is -2.30. The van der Waals surface area contributed by atoms with Crippen LogP contribution in [0, 0.1) is 6.92 Å². The Balaban J connectivity index is 1.51. The molecule has 1 aliphatic rings. The molecule has 164 valence electrons. The van der Waals surface area contributed by atoms with Gasteiger partial charge in [-0.25, -0.2) is 0 Å². The van der Waals surface area contributed by atoms with E-state index >= 15 is 0 Å². The lowest BCUT2D eigenvalue weighted by atomic mass is 9.97. The van der Waals surface area contributed by atoms with Crippen molar-refractivity contribution in [1.82, 2.24) is 5.32 Å². The Hall–Kier alpha value is -3.60. The molecule has 0 radical (unpaired) electrons. The van der Waals surface area contributed by atoms with Crippen molar-refractivity contribution >= 4 is 17.5 Å². The third kappa shape index (κ3) is 4.52. The molecule has 5 heteroatoms. The Morgan fingerprint density at radius 1 is 1.00 bits per heavy atom. The van der Waals surface area contributed by atoms with Crippen molar-refractivity contribution in [2.24, 2.45) is 0 Å². The van der Waals surface area contributed by atoms with Crippen LogP contribution in [0.3, 0.4) is 0 Å². The number of amides is 2. The number of benzene rings is 3. The van der Waals surface area contributed by atoms with E-state index in [-0.39, 0.29) is 17.9 Å². The number of ether oxygens (including phenoxy) is 1. The Bertz CT molecular complexity index is 1140. The summed E-state index contributed by atoms with van der Waals surface area (Å²) in [5.41, 5.74) is 5.28. The molecule has 1 heterocycles. The molecule has 1 aliphatic heterocycles. The van der Waals surface area contributed by atoms with E-state index in [0.29, 0.717) is 17.7 Å². The summed E-state index contributed by atoms with van der Waals surface area (Å²) in [5, 5.41) is 3.06. The number of aryl methyl sites for hydroxylation is 2. The summed E-state index contributed by atoms with van der Waals surface area (Å²) >= 11 is 0. The van der Waals surface area contributed by atoms with Crippen LogP contribution in [0.1, 0.15) is 56.8 Å². The van der Waals surface area contributed by atoms with Gasteiger partial charge in [0.05, 0.1) is 13.2 Å². The Morgan fingerprint density at radius 3 is 2.50 bits per heavy atom. The number of carbonyl (C=O) groups excluding carboxylic acids is 2. The summed E-state index contributed by atoms with van der Waals surface area (Å²) in [4.78, 5) is 27.8. The first-order valence-corrected chi connectivity index (χ1v) is 10.9. The van der Waals surface area contributed by atoms with Gasteiger partial charge in [-0.2, -0.15) is 0 Å². The normalized spacial score (nSPS) is 13.8. The number of fused-ring (bicyclic) bond motifs is 1. The lowest BCUT2D eigenvalue weighted by Crippen LogP contribution is -2.35. The zero-order chi connectivity index (χ0) is 22.7. The highest BCUT2D eigenvalue weighted by atomic mass is 16.5. The summed E-state index contributed by atoms with van der Waals surface area (Å²) in [6, 6.07) is 20.8. The van der Waals surface area contributed by atoms with Gasteiger partial charge in [0.25, 0.3) is 11.8 Å².